The number of benzene rings is 2. The summed E-state index contributed by atoms with van der Waals surface area (Å²) in [5, 5.41) is 1.97. The summed E-state index contributed by atoms with van der Waals surface area (Å²) >= 11 is 6.08. The second kappa shape index (κ2) is 9.24. The lowest BCUT2D eigenvalue weighted by atomic mass is 10.2. The number of rotatable bonds is 8. The van der Waals surface area contributed by atoms with Crippen LogP contribution in [0.15, 0.2) is 67.0 Å². The topological polar surface area (TPSA) is 81.1 Å². The van der Waals surface area contributed by atoms with E-state index >= 15 is 0 Å². The summed E-state index contributed by atoms with van der Waals surface area (Å²) in [5.74, 6) is -0.473. The highest BCUT2D eigenvalue weighted by atomic mass is 35.5. The zero-order chi connectivity index (χ0) is 20.9. The van der Waals surface area contributed by atoms with Gasteiger partial charge >= 0.3 is 0 Å². The van der Waals surface area contributed by atoms with E-state index in [1.165, 1.54) is 6.92 Å². The summed E-state index contributed by atoms with van der Waals surface area (Å²) in [7, 11) is -3.74. The first kappa shape index (κ1) is 21.1. The number of carbonyl (C=O) groups excluding carboxylic acids is 1. The van der Waals surface area contributed by atoms with Crippen LogP contribution < -0.4 is 5.32 Å². The maximum atomic E-state index is 12.8. The fourth-order valence-corrected chi connectivity index (χ4v) is 4.30. The summed E-state index contributed by atoms with van der Waals surface area (Å²) < 4.78 is 27.3. The van der Waals surface area contributed by atoms with Crippen molar-refractivity contribution in [2.24, 2.45) is 0 Å². The molecule has 1 atom stereocenters. The number of sulfone groups is 1. The molecule has 0 fully saturated rings. The minimum atomic E-state index is -3.74. The van der Waals surface area contributed by atoms with Crippen LogP contribution in [0.4, 0.5) is 0 Å². The fourth-order valence-electron chi connectivity index (χ4n) is 2.84. The molecule has 6 nitrogen and oxygen atoms in total. The summed E-state index contributed by atoms with van der Waals surface area (Å²) in [4.78, 5) is 16.6. The summed E-state index contributed by atoms with van der Waals surface area (Å²) in [6, 6.07) is 16.8. The third-order valence-corrected chi connectivity index (χ3v) is 6.97. The van der Waals surface area contributed by atoms with Crippen molar-refractivity contribution in [2.75, 3.05) is 0 Å². The molecule has 3 aromatic rings. The predicted octanol–water partition coefficient (Wildman–Crippen LogP) is 3.20. The molecule has 0 aliphatic rings. The number of imidazole rings is 1. The average molecular weight is 432 g/mol. The molecule has 0 aliphatic carbocycles. The molecule has 1 heterocycles. The van der Waals surface area contributed by atoms with Crippen LogP contribution in [0.1, 0.15) is 23.9 Å². The normalized spacial score (nSPS) is 12.5. The van der Waals surface area contributed by atoms with Gasteiger partial charge < -0.3 is 9.88 Å². The number of carbonyl (C=O) groups is 1. The van der Waals surface area contributed by atoms with Crippen molar-refractivity contribution in [1.82, 2.24) is 14.9 Å². The monoisotopic (exact) mass is 431 g/mol. The van der Waals surface area contributed by atoms with Gasteiger partial charge in [-0.2, -0.15) is 0 Å². The molecule has 1 amide bonds. The van der Waals surface area contributed by atoms with Crippen LogP contribution in [0.3, 0.4) is 0 Å². The molecule has 0 aliphatic heterocycles. The van der Waals surface area contributed by atoms with E-state index in [4.69, 9.17) is 11.6 Å². The smallest absolute Gasteiger partial charge is 0.238 e. The lowest BCUT2D eigenvalue weighted by Gasteiger charge is -2.14. The standard InChI is InChI=1S/C21H22ClN3O3S/c1-16(21(26)24-13-18-9-5-6-10-19(18)22)29(27,28)15-20-23-11-12-25(20)14-17-7-3-2-4-8-17/h2-12,16H,13-15H2,1H3,(H,24,26). The number of hydrogen-bond acceptors (Lipinski definition) is 4. The Bertz CT molecular complexity index is 1080. The average Bonchev–Trinajstić information content (AvgIpc) is 3.13. The third-order valence-electron chi connectivity index (χ3n) is 4.65. The zero-order valence-corrected chi connectivity index (χ0v) is 17.5. The van der Waals surface area contributed by atoms with Gasteiger partial charge in [0.1, 0.15) is 16.8 Å². The largest absolute Gasteiger partial charge is 0.351 e. The van der Waals surface area contributed by atoms with Gasteiger partial charge in [0.15, 0.2) is 9.84 Å². The lowest BCUT2D eigenvalue weighted by molar-refractivity contribution is -0.120. The number of nitrogens with one attached hydrogen (secondary N) is 1. The minimum Gasteiger partial charge on any atom is -0.351 e. The van der Waals surface area contributed by atoms with Crippen LogP contribution in [-0.4, -0.2) is 29.1 Å². The Balaban J connectivity index is 1.65. The molecule has 0 saturated heterocycles. The van der Waals surface area contributed by atoms with Gasteiger partial charge in [0.2, 0.25) is 5.91 Å². The SMILES string of the molecule is CC(C(=O)NCc1ccccc1Cl)S(=O)(=O)Cc1nccn1Cc1ccccc1. The Labute approximate surface area is 175 Å². The molecule has 1 aromatic heterocycles. The summed E-state index contributed by atoms with van der Waals surface area (Å²) in [6.45, 7) is 2.07. The van der Waals surface area contributed by atoms with Gasteiger partial charge in [0.25, 0.3) is 0 Å². The molecule has 29 heavy (non-hydrogen) atoms. The number of amides is 1. The highest BCUT2D eigenvalue weighted by Gasteiger charge is 2.29. The van der Waals surface area contributed by atoms with E-state index in [-0.39, 0.29) is 12.3 Å². The van der Waals surface area contributed by atoms with E-state index in [1.807, 2.05) is 30.3 Å². The van der Waals surface area contributed by atoms with Crippen LogP contribution in [0.5, 0.6) is 0 Å². The van der Waals surface area contributed by atoms with Crippen LogP contribution in [-0.2, 0) is 33.5 Å². The first-order valence-corrected chi connectivity index (χ1v) is 11.2. The maximum Gasteiger partial charge on any atom is 0.238 e. The van der Waals surface area contributed by atoms with Gasteiger partial charge in [-0.3, -0.25) is 4.79 Å². The highest BCUT2D eigenvalue weighted by Crippen LogP contribution is 2.16. The van der Waals surface area contributed by atoms with Crippen molar-refractivity contribution in [2.45, 2.75) is 31.0 Å². The summed E-state index contributed by atoms with van der Waals surface area (Å²) in [6.07, 6.45) is 3.30. The van der Waals surface area contributed by atoms with Crippen molar-refractivity contribution in [3.8, 4) is 0 Å². The maximum absolute atomic E-state index is 12.8. The van der Waals surface area contributed by atoms with Crippen LogP contribution in [0.25, 0.3) is 0 Å². The lowest BCUT2D eigenvalue weighted by Crippen LogP contribution is -2.38. The first-order valence-electron chi connectivity index (χ1n) is 9.13. The van der Waals surface area contributed by atoms with Gasteiger partial charge in [-0.25, -0.2) is 13.4 Å². The Kier molecular flexibility index (Phi) is 6.71. The number of aromatic nitrogens is 2. The van der Waals surface area contributed by atoms with Gasteiger partial charge in [-0.1, -0.05) is 60.1 Å². The van der Waals surface area contributed by atoms with Crippen molar-refractivity contribution in [3.05, 3.63) is 89.0 Å². The number of halogens is 1. The van der Waals surface area contributed by atoms with Crippen LogP contribution >= 0.6 is 11.6 Å². The Morgan fingerprint density at radius 3 is 2.55 bits per heavy atom. The first-order chi connectivity index (χ1) is 13.9. The van der Waals surface area contributed by atoms with Crippen molar-refractivity contribution >= 4 is 27.3 Å². The Hall–Kier alpha value is -2.64. The third kappa shape index (κ3) is 5.46. The quantitative estimate of drug-likeness (QED) is 0.593. The molecule has 0 radical (unpaired) electrons. The van der Waals surface area contributed by atoms with E-state index < -0.39 is 21.0 Å². The minimum absolute atomic E-state index is 0.168. The number of nitrogens with zero attached hydrogens (tertiary/aromatic N) is 2. The molecular weight excluding hydrogens is 410 g/mol. The molecule has 3 rings (SSSR count). The van der Waals surface area contributed by atoms with Crippen LogP contribution in [0.2, 0.25) is 5.02 Å². The molecule has 152 valence electrons. The van der Waals surface area contributed by atoms with E-state index in [0.29, 0.717) is 17.4 Å². The molecule has 1 unspecified atom stereocenters. The predicted molar refractivity (Wildman–Crippen MR) is 113 cm³/mol. The van der Waals surface area contributed by atoms with Crippen molar-refractivity contribution < 1.29 is 13.2 Å². The van der Waals surface area contributed by atoms with Gasteiger partial charge in [-0.05, 0) is 24.1 Å². The van der Waals surface area contributed by atoms with E-state index in [0.717, 1.165) is 11.1 Å². The van der Waals surface area contributed by atoms with Crippen LogP contribution in [0, 0.1) is 0 Å². The molecule has 0 spiro atoms. The second-order valence-electron chi connectivity index (χ2n) is 6.72. The Morgan fingerprint density at radius 1 is 1.14 bits per heavy atom. The van der Waals surface area contributed by atoms with E-state index in [9.17, 15) is 13.2 Å². The van der Waals surface area contributed by atoms with Gasteiger partial charge in [0, 0.05) is 30.5 Å². The van der Waals surface area contributed by atoms with Gasteiger partial charge in [-0.15, -0.1) is 0 Å². The van der Waals surface area contributed by atoms with E-state index in [2.05, 4.69) is 10.3 Å². The molecule has 0 bridgehead atoms. The Morgan fingerprint density at radius 2 is 1.83 bits per heavy atom. The van der Waals surface area contributed by atoms with Gasteiger partial charge in [0.05, 0.1) is 0 Å². The van der Waals surface area contributed by atoms with E-state index in [1.54, 1.807) is 41.2 Å². The molecule has 8 heteroatoms. The molecular formula is C21H22ClN3O3S. The fraction of sp³-hybridized carbons (Fsp3) is 0.238. The summed E-state index contributed by atoms with van der Waals surface area (Å²) in [5.41, 5.74) is 1.76. The zero-order valence-electron chi connectivity index (χ0n) is 16.0. The second-order valence-corrected chi connectivity index (χ2v) is 9.44. The highest BCUT2D eigenvalue weighted by molar-refractivity contribution is 7.92. The van der Waals surface area contributed by atoms with Crippen molar-refractivity contribution in [1.29, 1.82) is 0 Å². The van der Waals surface area contributed by atoms with Crippen molar-refractivity contribution in [3.63, 3.8) is 0 Å². The molecule has 0 saturated carbocycles. The molecule has 2 aromatic carbocycles. The number of hydrogen-bond donors (Lipinski definition) is 1. The molecule has 1 N–H and O–H groups in total.